The molecule has 0 saturated heterocycles. The Labute approximate surface area is 137 Å². The molecule has 2 aromatic carbocycles. The molecule has 0 radical (unpaired) electrons. The minimum Gasteiger partial charge on any atom is -0.480 e. The SMILES string of the molecule is CC(=O)c1ccc2c(c1)c1c3c(ccc1n2CC(=O)O)C(=O)CC3. The summed E-state index contributed by atoms with van der Waals surface area (Å²) in [5.41, 5.74) is 3.82. The van der Waals surface area contributed by atoms with Crippen LogP contribution in [0.4, 0.5) is 0 Å². The lowest BCUT2D eigenvalue weighted by Gasteiger charge is -2.05. The average molecular weight is 321 g/mol. The van der Waals surface area contributed by atoms with Gasteiger partial charge < -0.3 is 9.67 Å². The van der Waals surface area contributed by atoms with Gasteiger partial charge >= 0.3 is 5.97 Å². The van der Waals surface area contributed by atoms with Crippen molar-refractivity contribution in [3.8, 4) is 0 Å². The molecule has 0 spiro atoms. The van der Waals surface area contributed by atoms with Crippen molar-refractivity contribution in [3.63, 3.8) is 0 Å². The number of hydrogen-bond donors (Lipinski definition) is 1. The van der Waals surface area contributed by atoms with Crippen LogP contribution in [0.15, 0.2) is 30.3 Å². The molecule has 0 bridgehead atoms. The Balaban J connectivity index is 2.16. The van der Waals surface area contributed by atoms with Crippen molar-refractivity contribution in [2.24, 2.45) is 0 Å². The maximum absolute atomic E-state index is 12.0. The van der Waals surface area contributed by atoms with Crippen LogP contribution in [0.5, 0.6) is 0 Å². The van der Waals surface area contributed by atoms with Crippen LogP contribution in [0.2, 0.25) is 0 Å². The molecule has 0 fully saturated rings. The Bertz CT molecular complexity index is 1060. The Hall–Kier alpha value is -2.95. The standard InChI is InChI=1S/C19H15NO4/c1-10(21)11-2-5-15-14(8-11)19-13-4-7-17(22)12(13)3-6-16(19)20(15)9-18(23)24/h2-3,5-6,8H,4,7,9H2,1H3,(H,23,24). The van der Waals surface area contributed by atoms with Crippen LogP contribution in [-0.2, 0) is 17.8 Å². The normalized spacial score (nSPS) is 13.6. The predicted molar refractivity (Wildman–Crippen MR) is 89.7 cm³/mol. The monoisotopic (exact) mass is 321 g/mol. The average Bonchev–Trinajstić information content (AvgIpc) is 3.06. The molecule has 0 atom stereocenters. The molecule has 5 nitrogen and oxygen atoms in total. The Morgan fingerprint density at radius 2 is 1.88 bits per heavy atom. The highest BCUT2D eigenvalue weighted by atomic mass is 16.4. The molecule has 3 aromatic rings. The number of carbonyl (C=O) groups excluding carboxylic acids is 2. The van der Waals surface area contributed by atoms with Crippen molar-refractivity contribution in [2.75, 3.05) is 0 Å². The predicted octanol–water partition coefficient (Wildman–Crippen LogP) is 3.21. The second kappa shape index (κ2) is 5.03. The van der Waals surface area contributed by atoms with Crippen LogP contribution in [0.1, 0.15) is 39.6 Å². The molecule has 1 aliphatic carbocycles. The van der Waals surface area contributed by atoms with Crippen LogP contribution in [0.3, 0.4) is 0 Å². The summed E-state index contributed by atoms with van der Waals surface area (Å²) in [4.78, 5) is 35.1. The second-order valence-electron chi connectivity index (χ2n) is 6.18. The number of Topliss-reactive ketones (excluding diaryl/α,β-unsaturated/α-hetero) is 2. The molecule has 1 N–H and O–H groups in total. The van der Waals surface area contributed by atoms with Gasteiger partial charge in [-0.05, 0) is 49.2 Å². The number of rotatable bonds is 3. The summed E-state index contributed by atoms with van der Waals surface area (Å²) < 4.78 is 1.74. The van der Waals surface area contributed by atoms with Gasteiger partial charge in [0.05, 0.1) is 0 Å². The van der Waals surface area contributed by atoms with Gasteiger partial charge in [0.15, 0.2) is 11.6 Å². The molecular formula is C19H15NO4. The van der Waals surface area contributed by atoms with Gasteiger partial charge in [-0.1, -0.05) is 0 Å². The number of aryl methyl sites for hydroxylation is 1. The van der Waals surface area contributed by atoms with Gasteiger partial charge in [-0.25, -0.2) is 0 Å². The molecule has 0 amide bonds. The van der Waals surface area contributed by atoms with Crippen LogP contribution in [0, 0.1) is 0 Å². The zero-order chi connectivity index (χ0) is 17.0. The first-order valence-electron chi connectivity index (χ1n) is 7.81. The van der Waals surface area contributed by atoms with Crippen LogP contribution in [0.25, 0.3) is 21.8 Å². The summed E-state index contributed by atoms with van der Waals surface area (Å²) >= 11 is 0. The minimum atomic E-state index is -0.930. The van der Waals surface area contributed by atoms with E-state index in [0.29, 0.717) is 24.0 Å². The summed E-state index contributed by atoms with van der Waals surface area (Å²) in [5.74, 6) is -0.852. The lowest BCUT2D eigenvalue weighted by atomic mass is 10.0. The molecule has 0 aliphatic heterocycles. The number of aliphatic carboxylic acids is 1. The highest BCUT2D eigenvalue weighted by molar-refractivity contribution is 6.16. The first kappa shape index (κ1) is 14.6. The number of carboxylic acid groups (broad SMARTS) is 1. The van der Waals surface area contributed by atoms with E-state index >= 15 is 0 Å². The van der Waals surface area contributed by atoms with Gasteiger partial charge in [-0.2, -0.15) is 0 Å². The van der Waals surface area contributed by atoms with Crippen molar-refractivity contribution >= 4 is 39.3 Å². The summed E-state index contributed by atoms with van der Waals surface area (Å²) in [6, 6.07) is 8.91. The Morgan fingerprint density at radius 3 is 2.58 bits per heavy atom. The summed E-state index contributed by atoms with van der Waals surface area (Å²) in [5, 5.41) is 11.0. The number of nitrogens with zero attached hydrogens (tertiary/aromatic N) is 1. The number of benzene rings is 2. The van der Waals surface area contributed by atoms with Crippen LogP contribution in [-0.4, -0.2) is 27.2 Å². The maximum atomic E-state index is 12.0. The molecule has 0 saturated carbocycles. The molecule has 1 aromatic heterocycles. The van der Waals surface area contributed by atoms with Crippen molar-refractivity contribution < 1.29 is 19.5 Å². The van der Waals surface area contributed by atoms with E-state index in [1.807, 2.05) is 6.07 Å². The van der Waals surface area contributed by atoms with Crippen LogP contribution >= 0.6 is 0 Å². The van der Waals surface area contributed by atoms with Crippen LogP contribution < -0.4 is 0 Å². The molecule has 1 aliphatic rings. The van der Waals surface area contributed by atoms with E-state index in [0.717, 1.165) is 27.4 Å². The van der Waals surface area contributed by atoms with Crippen molar-refractivity contribution in [2.45, 2.75) is 26.3 Å². The first-order valence-corrected chi connectivity index (χ1v) is 7.81. The third kappa shape index (κ3) is 1.98. The number of carboxylic acids is 1. The van der Waals surface area contributed by atoms with Crippen molar-refractivity contribution in [3.05, 3.63) is 47.0 Å². The molecule has 0 unspecified atom stereocenters. The maximum Gasteiger partial charge on any atom is 0.323 e. The summed E-state index contributed by atoms with van der Waals surface area (Å²) in [7, 11) is 0. The van der Waals surface area contributed by atoms with Gasteiger partial charge in [0.25, 0.3) is 0 Å². The smallest absolute Gasteiger partial charge is 0.323 e. The van der Waals surface area contributed by atoms with Gasteiger partial charge in [0, 0.05) is 39.4 Å². The molecular weight excluding hydrogens is 306 g/mol. The van der Waals surface area contributed by atoms with E-state index in [2.05, 4.69) is 0 Å². The topological polar surface area (TPSA) is 76.4 Å². The summed E-state index contributed by atoms with van der Waals surface area (Å²) in [6.07, 6.45) is 1.13. The lowest BCUT2D eigenvalue weighted by Crippen LogP contribution is -2.08. The molecule has 1 heterocycles. The second-order valence-corrected chi connectivity index (χ2v) is 6.18. The Morgan fingerprint density at radius 1 is 1.12 bits per heavy atom. The van der Waals surface area contributed by atoms with Gasteiger partial charge in [0.1, 0.15) is 6.54 Å². The largest absolute Gasteiger partial charge is 0.480 e. The fourth-order valence-corrected chi connectivity index (χ4v) is 3.68. The minimum absolute atomic E-state index is 0.0420. The van der Waals surface area contributed by atoms with E-state index < -0.39 is 5.97 Å². The van der Waals surface area contributed by atoms with E-state index in [9.17, 15) is 19.5 Å². The molecule has 120 valence electrons. The fourth-order valence-electron chi connectivity index (χ4n) is 3.68. The van der Waals surface area contributed by atoms with Gasteiger partial charge in [-0.3, -0.25) is 14.4 Å². The molecule has 24 heavy (non-hydrogen) atoms. The Kier molecular flexibility index (Phi) is 3.06. The quantitative estimate of drug-likeness (QED) is 0.752. The molecule has 5 heteroatoms. The third-order valence-corrected chi connectivity index (χ3v) is 4.74. The van der Waals surface area contributed by atoms with Crippen molar-refractivity contribution in [1.29, 1.82) is 0 Å². The van der Waals surface area contributed by atoms with E-state index in [1.54, 1.807) is 28.8 Å². The number of ketones is 2. The van der Waals surface area contributed by atoms with Crippen molar-refractivity contribution in [1.82, 2.24) is 4.57 Å². The number of carbonyl (C=O) groups is 3. The third-order valence-electron chi connectivity index (χ3n) is 4.74. The van der Waals surface area contributed by atoms with E-state index in [-0.39, 0.29) is 18.1 Å². The van der Waals surface area contributed by atoms with Gasteiger partial charge in [-0.15, -0.1) is 0 Å². The zero-order valence-electron chi connectivity index (χ0n) is 13.1. The first-order chi connectivity index (χ1) is 11.5. The fraction of sp³-hybridized carbons (Fsp3) is 0.211. The highest BCUT2D eigenvalue weighted by Crippen LogP contribution is 2.37. The number of aromatic nitrogens is 1. The molecule has 4 rings (SSSR count). The zero-order valence-corrected chi connectivity index (χ0v) is 13.1. The van der Waals surface area contributed by atoms with Gasteiger partial charge in [0.2, 0.25) is 0 Å². The van der Waals surface area contributed by atoms with E-state index in [1.165, 1.54) is 6.92 Å². The number of fused-ring (bicyclic) bond motifs is 5. The highest BCUT2D eigenvalue weighted by Gasteiger charge is 2.25. The number of hydrogen-bond acceptors (Lipinski definition) is 3. The lowest BCUT2D eigenvalue weighted by molar-refractivity contribution is -0.137. The summed E-state index contributed by atoms with van der Waals surface area (Å²) in [6.45, 7) is 1.34. The van der Waals surface area contributed by atoms with E-state index in [4.69, 9.17) is 0 Å².